The maximum Gasteiger partial charge on any atom is 0.303 e. The third kappa shape index (κ3) is 3.73. The highest BCUT2D eigenvalue weighted by molar-refractivity contribution is 5.66. The van der Waals surface area contributed by atoms with Gasteiger partial charge >= 0.3 is 5.97 Å². The molecule has 2 aliphatic rings. The van der Waals surface area contributed by atoms with Crippen LogP contribution in [0.4, 0.5) is 0 Å². The molecule has 2 aliphatic carbocycles. The van der Waals surface area contributed by atoms with E-state index in [0.29, 0.717) is 5.92 Å². The van der Waals surface area contributed by atoms with Crippen LogP contribution >= 0.6 is 0 Å². The molecule has 0 aromatic carbocycles. The van der Waals surface area contributed by atoms with Gasteiger partial charge in [0.1, 0.15) is 5.60 Å². The summed E-state index contributed by atoms with van der Waals surface area (Å²) < 4.78 is 5.87. The molecule has 2 rings (SSSR count). The van der Waals surface area contributed by atoms with E-state index in [4.69, 9.17) is 4.74 Å². The van der Waals surface area contributed by atoms with Crippen LogP contribution in [-0.4, -0.2) is 11.6 Å². The monoisotopic (exact) mass is 266 g/mol. The van der Waals surface area contributed by atoms with Crippen LogP contribution in [0.1, 0.15) is 84.5 Å². The van der Waals surface area contributed by atoms with E-state index in [1.165, 1.54) is 57.8 Å². The molecule has 0 saturated heterocycles. The Labute approximate surface area is 118 Å². The first kappa shape index (κ1) is 14.9. The zero-order valence-corrected chi connectivity index (χ0v) is 12.7. The molecule has 0 bridgehead atoms. The number of esters is 1. The van der Waals surface area contributed by atoms with Crippen molar-refractivity contribution in [3.05, 3.63) is 0 Å². The van der Waals surface area contributed by atoms with Gasteiger partial charge in [0.05, 0.1) is 0 Å². The van der Waals surface area contributed by atoms with Crippen LogP contribution in [-0.2, 0) is 9.53 Å². The summed E-state index contributed by atoms with van der Waals surface area (Å²) in [6.45, 7) is 3.87. The van der Waals surface area contributed by atoms with Gasteiger partial charge in [-0.05, 0) is 50.4 Å². The molecular formula is C17H30O2. The van der Waals surface area contributed by atoms with Crippen LogP contribution in [0.2, 0.25) is 0 Å². The lowest BCUT2D eigenvalue weighted by molar-refractivity contribution is -0.171. The Hall–Kier alpha value is -0.530. The van der Waals surface area contributed by atoms with Gasteiger partial charge in [-0.25, -0.2) is 0 Å². The SMILES string of the molecule is CCCC1CCC(C2(OC(C)=O)CCCCC2)CC1. The summed E-state index contributed by atoms with van der Waals surface area (Å²) >= 11 is 0. The van der Waals surface area contributed by atoms with Gasteiger partial charge in [-0.2, -0.15) is 0 Å². The summed E-state index contributed by atoms with van der Waals surface area (Å²) in [6.07, 6.45) is 13.9. The number of rotatable bonds is 4. The lowest BCUT2D eigenvalue weighted by Crippen LogP contribution is -2.45. The molecule has 0 N–H and O–H groups in total. The van der Waals surface area contributed by atoms with E-state index < -0.39 is 0 Å². The quantitative estimate of drug-likeness (QED) is 0.679. The Bertz CT molecular complexity index is 284. The smallest absolute Gasteiger partial charge is 0.303 e. The molecule has 0 spiro atoms. The second-order valence-electron chi connectivity index (χ2n) is 6.73. The molecule has 0 radical (unpaired) electrons. The molecule has 0 atom stereocenters. The molecule has 0 aromatic heterocycles. The Morgan fingerprint density at radius 1 is 1.11 bits per heavy atom. The van der Waals surface area contributed by atoms with E-state index in [2.05, 4.69) is 6.92 Å². The zero-order valence-electron chi connectivity index (χ0n) is 12.7. The second kappa shape index (κ2) is 6.76. The topological polar surface area (TPSA) is 26.3 Å². The Kier molecular flexibility index (Phi) is 5.29. The van der Waals surface area contributed by atoms with Crippen molar-refractivity contribution in [3.63, 3.8) is 0 Å². The molecular weight excluding hydrogens is 236 g/mol. The van der Waals surface area contributed by atoms with Crippen LogP contribution in [0.3, 0.4) is 0 Å². The van der Waals surface area contributed by atoms with Gasteiger partial charge in [-0.15, -0.1) is 0 Å². The van der Waals surface area contributed by atoms with Crippen molar-refractivity contribution in [2.24, 2.45) is 11.8 Å². The Balaban J connectivity index is 1.97. The predicted molar refractivity (Wildman–Crippen MR) is 77.9 cm³/mol. The van der Waals surface area contributed by atoms with Crippen LogP contribution < -0.4 is 0 Å². The molecule has 19 heavy (non-hydrogen) atoms. The van der Waals surface area contributed by atoms with Crippen molar-refractivity contribution in [3.8, 4) is 0 Å². The first-order chi connectivity index (χ1) is 9.16. The minimum atomic E-state index is -0.0960. The van der Waals surface area contributed by atoms with E-state index in [0.717, 1.165) is 18.8 Å². The highest BCUT2D eigenvalue weighted by atomic mass is 16.6. The fourth-order valence-corrected chi connectivity index (χ4v) is 4.42. The third-order valence-electron chi connectivity index (χ3n) is 5.33. The fraction of sp³-hybridized carbons (Fsp3) is 0.941. The van der Waals surface area contributed by atoms with Gasteiger partial charge in [-0.1, -0.05) is 39.0 Å². The summed E-state index contributed by atoms with van der Waals surface area (Å²) in [5.41, 5.74) is -0.0960. The van der Waals surface area contributed by atoms with Crippen molar-refractivity contribution < 1.29 is 9.53 Å². The molecule has 0 heterocycles. The molecule has 0 unspecified atom stereocenters. The van der Waals surface area contributed by atoms with Gasteiger partial charge in [-0.3, -0.25) is 4.79 Å². The summed E-state index contributed by atoms with van der Waals surface area (Å²) in [7, 11) is 0. The van der Waals surface area contributed by atoms with Gasteiger partial charge in [0, 0.05) is 6.92 Å². The maximum atomic E-state index is 11.5. The van der Waals surface area contributed by atoms with Crippen LogP contribution in [0.5, 0.6) is 0 Å². The Morgan fingerprint density at radius 3 is 2.26 bits per heavy atom. The highest BCUT2D eigenvalue weighted by Gasteiger charge is 2.43. The van der Waals surface area contributed by atoms with Crippen molar-refractivity contribution in [2.75, 3.05) is 0 Å². The molecule has 2 fully saturated rings. The average Bonchev–Trinajstić information content (AvgIpc) is 2.40. The highest BCUT2D eigenvalue weighted by Crippen LogP contribution is 2.46. The molecule has 2 heteroatoms. The van der Waals surface area contributed by atoms with E-state index in [-0.39, 0.29) is 11.6 Å². The van der Waals surface area contributed by atoms with Crippen molar-refractivity contribution in [2.45, 2.75) is 90.1 Å². The molecule has 0 aromatic rings. The summed E-state index contributed by atoms with van der Waals surface area (Å²) in [4.78, 5) is 11.5. The fourth-order valence-electron chi connectivity index (χ4n) is 4.42. The van der Waals surface area contributed by atoms with Gasteiger partial charge in [0.2, 0.25) is 0 Å². The zero-order chi connectivity index (χ0) is 13.7. The van der Waals surface area contributed by atoms with Crippen molar-refractivity contribution in [1.82, 2.24) is 0 Å². The lowest BCUT2D eigenvalue weighted by Gasteiger charge is -2.45. The number of hydrogen-bond donors (Lipinski definition) is 0. The summed E-state index contributed by atoms with van der Waals surface area (Å²) in [5, 5.41) is 0. The molecule has 110 valence electrons. The number of carbonyl (C=O) groups excluding carboxylic acids is 1. The standard InChI is InChI=1S/C17H30O2/c1-3-7-15-8-10-16(11-9-15)17(19-14(2)18)12-5-4-6-13-17/h15-16H,3-13H2,1-2H3. The number of hydrogen-bond acceptors (Lipinski definition) is 2. The van der Waals surface area contributed by atoms with E-state index >= 15 is 0 Å². The minimum Gasteiger partial charge on any atom is -0.459 e. The minimum absolute atomic E-state index is 0.0717. The lowest BCUT2D eigenvalue weighted by atomic mass is 9.67. The van der Waals surface area contributed by atoms with Crippen LogP contribution in [0, 0.1) is 11.8 Å². The van der Waals surface area contributed by atoms with Gasteiger partial charge in [0.15, 0.2) is 0 Å². The first-order valence-corrected chi connectivity index (χ1v) is 8.36. The molecule has 0 aliphatic heterocycles. The summed E-state index contributed by atoms with van der Waals surface area (Å²) in [5.74, 6) is 1.49. The van der Waals surface area contributed by atoms with Crippen molar-refractivity contribution >= 4 is 5.97 Å². The van der Waals surface area contributed by atoms with Crippen LogP contribution in [0.15, 0.2) is 0 Å². The van der Waals surface area contributed by atoms with E-state index in [1.807, 2.05) is 0 Å². The number of ether oxygens (including phenoxy) is 1. The molecule has 2 saturated carbocycles. The number of carbonyl (C=O) groups is 1. The van der Waals surface area contributed by atoms with E-state index in [9.17, 15) is 4.79 Å². The van der Waals surface area contributed by atoms with Crippen molar-refractivity contribution in [1.29, 1.82) is 0 Å². The van der Waals surface area contributed by atoms with Crippen LogP contribution in [0.25, 0.3) is 0 Å². The van der Waals surface area contributed by atoms with Gasteiger partial charge in [0.25, 0.3) is 0 Å². The average molecular weight is 266 g/mol. The largest absolute Gasteiger partial charge is 0.459 e. The maximum absolute atomic E-state index is 11.5. The Morgan fingerprint density at radius 2 is 1.74 bits per heavy atom. The summed E-state index contributed by atoms with van der Waals surface area (Å²) in [6, 6.07) is 0. The third-order valence-corrected chi connectivity index (χ3v) is 5.33. The first-order valence-electron chi connectivity index (χ1n) is 8.36. The molecule has 2 nitrogen and oxygen atoms in total. The second-order valence-corrected chi connectivity index (χ2v) is 6.73. The molecule has 0 amide bonds. The predicted octanol–water partition coefficient (Wildman–Crippen LogP) is 4.86. The van der Waals surface area contributed by atoms with Gasteiger partial charge < -0.3 is 4.74 Å². The van der Waals surface area contributed by atoms with E-state index in [1.54, 1.807) is 6.92 Å². The normalized spacial score (nSPS) is 30.8.